The summed E-state index contributed by atoms with van der Waals surface area (Å²) in [4.78, 5) is 10.8. The van der Waals surface area contributed by atoms with E-state index in [1.807, 2.05) is 0 Å². The van der Waals surface area contributed by atoms with Crippen LogP contribution in [-0.4, -0.2) is 20.9 Å². The summed E-state index contributed by atoms with van der Waals surface area (Å²) in [6, 6.07) is 5.03. The third-order valence-electron chi connectivity index (χ3n) is 2.08. The molecule has 0 atom stereocenters. The molecule has 0 unspecified atom stereocenters. The molecule has 72 valence electrons. The number of carbonyl (C=O) groups is 1. The molecule has 14 heavy (non-hydrogen) atoms. The number of anilines is 1. The summed E-state index contributed by atoms with van der Waals surface area (Å²) in [5.74, 6) is -1.03. The number of aryl methyl sites for hydroxylation is 1. The highest BCUT2D eigenvalue weighted by atomic mass is 16.4. The number of rotatable bonds is 1. The van der Waals surface area contributed by atoms with Gasteiger partial charge in [-0.1, -0.05) is 0 Å². The van der Waals surface area contributed by atoms with Crippen LogP contribution in [0.25, 0.3) is 10.9 Å². The molecule has 0 aliphatic rings. The summed E-state index contributed by atoms with van der Waals surface area (Å²) in [6.45, 7) is 0. The number of hydrogen-bond acceptors (Lipinski definition) is 3. The highest BCUT2D eigenvalue weighted by Gasteiger charge is 2.14. The number of nitrogen functional groups attached to an aromatic ring is 1. The fourth-order valence-corrected chi connectivity index (χ4v) is 1.43. The Balaban J connectivity index is 2.84. The van der Waals surface area contributed by atoms with Gasteiger partial charge in [0.05, 0.1) is 5.52 Å². The lowest BCUT2D eigenvalue weighted by molar-refractivity contribution is 0.0691. The first-order valence-corrected chi connectivity index (χ1v) is 4.05. The number of carboxylic acids is 1. The summed E-state index contributed by atoms with van der Waals surface area (Å²) in [6.07, 6.45) is 0. The number of nitrogens with two attached hydrogens (primary N) is 1. The van der Waals surface area contributed by atoms with Crippen LogP contribution >= 0.6 is 0 Å². The molecule has 5 heteroatoms. The zero-order chi connectivity index (χ0) is 10.3. The molecule has 0 saturated carbocycles. The van der Waals surface area contributed by atoms with E-state index in [1.54, 1.807) is 25.2 Å². The smallest absolute Gasteiger partial charge is 0.357 e. The molecule has 2 aromatic rings. The Hall–Kier alpha value is -2.04. The van der Waals surface area contributed by atoms with Crippen LogP contribution in [0.2, 0.25) is 0 Å². The minimum Gasteiger partial charge on any atom is -0.476 e. The molecule has 0 aliphatic carbocycles. The second-order valence-corrected chi connectivity index (χ2v) is 3.05. The summed E-state index contributed by atoms with van der Waals surface area (Å²) >= 11 is 0. The Morgan fingerprint density at radius 3 is 2.93 bits per heavy atom. The molecular weight excluding hydrogens is 182 g/mol. The van der Waals surface area contributed by atoms with Gasteiger partial charge < -0.3 is 10.8 Å². The topological polar surface area (TPSA) is 81.1 Å². The van der Waals surface area contributed by atoms with Crippen molar-refractivity contribution in [2.24, 2.45) is 7.05 Å². The number of hydrogen-bond donors (Lipinski definition) is 2. The third-order valence-corrected chi connectivity index (χ3v) is 2.08. The normalized spacial score (nSPS) is 10.6. The van der Waals surface area contributed by atoms with Crippen molar-refractivity contribution in [2.75, 3.05) is 5.73 Å². The maximum absolute atomic E-state index is 10.8. The lowest BCUT2D eigenvalue weighted by atomic mass is 10.2. The monoisotopic (exact) mass is 191 g/mol. The number of benzene rings is 1. The first-order chi connectivity index (χ1) is 6.59. The first kappa shape index (κ1) is 8.55. The minimum atomic E-state index is -1.03. The second kappa shape index (κ2) is 2.73. The first-order valence-electron chi connectivity index (χ1n) is 4.05. The lowest BCUT2D eigenvalue weighted by Crippen LogP contribution is -1.99. The van der Waals surface area contributed by atoms with Crippen molar-refractivity contribution in [2.45, 2.75) is 0 Å². The molecule has 0 spiro atoms. The van der Waals surface area contributed by atoms with Gasteiger partial charge >= 0.3 is 5.97 Å². The standard InChI is InChI=1S/C9H9N3O2/c1-12-7-4-5(10)2-3-6(7)8(11-12)9(13)14/h2-4H,10H2,1H3,(H,13,14). The zero-order valence-corrected chi connectivity index (χ0v) is 7.56. The van der Waals surface area contributed by atoms with E-state index >= 15 is 0 Å². The predicted molar refractivity (Wildman–Crippen MR) is 52.1 cm³/mol. The average Bonchev–Trinajstić information content (AvgIpc) is 2.44. The maximum Gasteiger partial charge on any atom is 0.357 e. The van der Waals surface area contributed by atoms with E-state index < -0.39 is 5.97 Å². The molecule has 3 N–H and O–H groups in total. The molecule has 0 amide bonds. The quantitative estimate of drug-likeness (QED) is 0.655. The van der Waals surface area contributed by atoms with E-state index in [9.17, 15) is 4.79 Å². The van der Waals surface area contributed by atoms with Crippen molar-refractivity contribution in [1.29, 1.82) is 0 Å². The summed E-state index contributed by atoms with van der Waals surface area (Å²) in [7, 11) is 1.69. The highest BCUT2D eigenvalue weighted by molar-refractivity contribution is 6.01. The molecule has 0 aliphatic heterocycles. The SMILES string of the molecule is Cn1nc(C(=O)O)c2ccc(N)cc21. The average molecular weight is 191 g/mol. The molecule has 1 heterocycles. The van der Waals surface area contributed by atoms with Gasteiger partial charge in [0, 0.05) is 18.1 Å². The lowest BCUT2D eigenvalue weighted by Gasteiger charge is -1.94. The van der Waals surface area contributed by atoms with Gasteiger partial charge in [0.1, 0.15) is 0 Å². The van der Waals surface area contributed by atoms with Crippen molar-refractivity contribution >= 4 is 22.6 Å². The van der Waals surface area contributed by atoms with Gasteiger partial charge in [-0.3, -0.25) is 4.68 Å². The summed E-state index contributed by atoms with van der Waals surface area (Å²) < 4.78 is 1.51. The number of aromatic nitrogens is 2. The number of carboxylic acid groups (broad SMARTS) is 1. The Kier molecular flexibility index (Phi) is 1.67. The molecular formula is C9H9N3O2. The molecule has 2 rings (SSSR count). The van der Waals surface area contributed by atoms with Crippen molar-refractivity contribution in [3.05, 3.63) is 23.9 Å². The Morgan fingerprint density at radius 2 is 2.29 bits per heavy atom. The van der Waals surface area contributed by atoms with Gasteiger partial charge in [-0.2, -0.15) is 5.10 Å². The Morgan fingerprint density at radius 1 is 1.57 bits per heavy atom. The van der Waals surface area contributed by atoms with E-state index in [0.717, 1.165) is 5.52 Å². The van der Waals surface area contributed by atoms with Crippen LogP contribution in [0, 0.1) is 0 Å². The highest BCUT2D eigenvalue weighted by Crippen LogP contribution is 2.20. The van der Waals surface area contributed by atoms with Crippen LogP contribution in [0.15, 0.2) is 18.2 Å². The zero-order valence-electron chi connectivity index (χ0n) is 7.56. The van der Waals surface area contributed by atoms with Crippen LogP contribution in [0.1, 0.15) is 10.5 Å². The van der Waals surface area contributed by atoms with Gasteiger partial charge in [-0.25, -0.2) is 4.79 Å². The molecule has 1 aromatic carbocycles. The maximum atomic E-state index is 10.8. The van der Waals surface area contributed by atoms with Gasteiger partial charge in [-0.15, -0.1) is 0 Å². The molecule has 5 nitrogen and oxygen atoms in total. The van der Waals surface area contributed by atoms with Crippen LogP contribution in [0.5, 0.6) is 0 Å². The van der Waals surface area contributed by atoms with Gasteiger partial charge in [0.25, 0.3) is 0 Å². The minimum absolute atomic E-state index is 0.0579. The van der Waals surface area contributed by atoms with E-state index in [4.69, 9.17) is 10.8 Å². The molecule has 1 aromatic heterocycles. The number of fused-ring (bicyclic) bond motifs is 1. The number of nitrogens with zero attached hydrogens (tertiary/aromatic N) is 2. The van der Waals surface area contributed by atoms with Crippen molar-refractivity contribution < 1.29 is 9.90 Å². The number of aromatic carboxylic acids is 1. The fourth-order valence-electron chi connectivity index (χ4n) is 1.43. The van der Waals surface area contributed by atoms with Crippen molar-refractivity contribution in [3.8, 4) is 0 Å². The van der Waals surface area contributed by atoms with E-state index in [2.05, 4.69) is 5.10 Å². The molecule has 0 bridgehead atoms. The Labute approximate surface area is 79.7 Å². The Bertz CT molecular complexity index is 516. The summed E-state index contributed by atoms with van der Waals surface area (Å²) in [5.41, 5.74) is 6.97. The van der Waals surface area contributed by atoms with Crippen molar-refractivity contribution in [1.82, 2.24) is 9.78 Å². The summed E-state index contributed by atoms with van der Waals surface area (Å²) in [5, 5.41) is 13.4. The van der Waals surface area contributed by atoms with Crippen LogP contribution in [-0.2, 0) is 7.05 Å². The van der Waals surface area contributed by atoms with Crippen LogP contribution < -0.4 is 5.73 Å². The van der Waals surface area contributed by atoms with E-state index in [0.29, 0.717) is 11.1 Å². The van der Waals surface area contributed by atoms with Crippen LogP contribution in [0.4, 0.5) is 5.69 Å². The van der Waals surface area contributed by atoms with Gasteiger partial charge in [-0.05, 0) is 18.2 Å². The van der Waals surface area contributed by atoms with Gasteiger partial charge in [0.2, 0.25) is 0 Å². The van der Waals surface area contributed by atoms with E-state index in [1.165, 1.54) is 4.68 Å². The molecule has 0 fully saturated rings. The predicted octanol–water partition coefficient (Wildman–Crippen LogP) is 0.854. The van der Waals surface area contributed by atoms with Crippen molar-refractivity contribution in [3.63, 3.8) is 0 Å². The molecule has 0 saturated heterocycles. The van der Waals surface area contributed by atoms with E-state index in [-0.39, 0.29) is 5.69 Å². The molecule has 0 radical (unpaired) electrons. The largest absolute Gasteiger partial charge is 0.476 e. The fraction of sp³-hybridized carbons (Fsp3) is 0.111. The van der Waals surface area contributed by atoms with Crippen LogP contribution in [0.3, 0.4) is 0 Å². The van der Waals surface area contributed by atoms with Gasteiger partial charge in [0.15, 0.2) is 5.69 Å². The second-order valence-electron chi connectivity index (χ2n) is 3.05. The third kappa shape index (κ3) is 1.10.